The molecule has 1 aromatic heterocycles. The third-order valence-electron chi connectivity index (χ3n) is 2.58. The molecule has 1 unspecified atom stereocenters. The summed E-state index contributed by atoms with van der Waals surface area (Å²) in [4.78, 5) is 0. The average molecular weight is 228 g/mol. The van der Waals surface area contributed by atoms with Gasteiger partial charge in [-0.15, -0.1) is 5.10 Å². The summed E-state index contributed by atoms with van der Waals surface area (Å²) in [5.41, 5.74) is 0.917. The van der Waals surface area contributed by atoms with Crippen LogP contribution >= 0.6 is 11.6 Å². The fraction of sp³-hybridized carbons (Fsp3) is 0.600. The van der Waals surface area contributed by atoms with Crippen LogP contribution in [0.1, 0.15) is 18.5 Å². The van der Waals surface area contributed by atoms with Crippen molar-refractivity contribution in [3.05, 3.63) is 16.8 Å². The van der Waals surface area contributed by atoms with E-state index in [1.807, 2.05) is 6.07 Å². The Kier molecular flexibility index (Phi) is 3.38. The summed E-state index contributed by atoms with van der Waals surface area (Å²) in [5, 5.41) is 11.9. The highest BCUT2D eigenvalue weighted by atomic mass is 35.5. The molecular weight excluding hydrogens is 214 g/mol. The maximum absolute atomic E-state index is 5.97. The largest absolute Gasteiger partial charge is 0.479 e. The molecule has 0 amide bonds. The van der Waals surface area contributed by atoms with Crippen LogP contribution in [0, 0.1) is 0 Å². The molecule has 1 fully saturated rings. The van der Waals surface area contributed by atoms with Gasteiger partial charge in [0.2, 0.25) is 0 Å². The number of nitrogens with zero attached hydrogens (tertiary/aromatic N) is 2. The fourth-order valence-electron chi connectivity index (χ4n) is 1.82. The van der Waals surface area contributed by atoms with E-state index >= 15 is 0 Å². The van der Waals surface area contributed by atoms with Crippen molar-refractivity contribution in [2.75, 3.05) is 13.7 Å². The highest BCUT2D eigenvalue weighted by Crippen LogP contribution is 2.21. The van der Waals surface area contributed by atoms with Crippen molar-refractivity contribution in [2.24, 2.45) is 0 Å². The Morgan fingerprint density at radius 2 is 2.47 bits per heavy atom. The Balaban J connectivity index is 2.05. The number of rotatable bonds is 3. The van der Waals surface area contributed by atoms with Crippen LogP contribution in [0.2, 0.25) is 5.02 Å². The molecule has 0 radical (unpaired) electrons. The van der Waals surface area contributed by atoms with E-state index in [0.29, 0.717) is 16.9 Å². The van der Waals surface area contributed by atoms with Gasteiger partial charge in [-0.1, -0.05) is 11.6 Å². The smallest absolute Gasteiger partial charge is 0.252 e. The van der Waals surface area contributed by atoms with Crippen molar-refractivity contribution in [1.29, 1.82) is 0 Å². The molecule has 1 N–H and O–H groups in total. The first-order valence-corrected chi connectivity index (χ1v) is 5.47. The van der Waals surface area contributed by atoms with E-state index < -0.39 is 0 Å². The lowest BCUT2D eigenvalue weighted by molar-refractivity contribution is 0.391. The minimum Gasteiger partial charge on any atom is -0.479 e. The van der Waals surface area contributed by atoms with Crippen LogP contribution in [0.15, 0.2) is 6.07 Å². The van der Waals surface area contributed by atoms with E-state index in [4.69, 9.17) is 16.3 Å². The standard InChI is InChI=1S/C10H14ClN3O/c1-15-10-9(11)6-8(13-14-10)5-7-3-2-4-12-7/h6-7,12H,2-5H2,1H3. The van der Waals surface area contributed by atoms with Crippen LogP contribution in [0.4, 0.5) is 0 Å². The maximum Gasteiger partial charge on any atom is 0.252 e. The van der Waals surface area contributed by atoms with Gasteiger partial charge in [0.05, 0.1) is 12.8 Å². The number of methoxy groups -OCH3 is 1. The first-order chi connectivity index (χ1) is 7.29. The van der Waals surface area contributed by atoms with Crippen LogP contribution in [-0.2, 0) is 6.42 Å². The normalized spacial score (nSPS) is 20.5. The highest BCUT2D eigenvalue weighted by Gasteiger charge is 2.16. The second kappa shape index (κ2) is 4.77. The summed E-state index contributed by atoms with van der Waals surface area (Å²) >= 11 is 5.97. The van der Waals surface area contributed by atoms with Crippen molar-refractivity contribution in [2.45, 2.75) is 25.3 Å². The van der Waals surface area contributed by atoms with Crippen LogP contribution in [0.3, 0.4) is 0 Å². The van der Waals surface area contributed by atoms with Gasteiger partial charge in [0.15, 0.2) is 0 Å². The highest BCUT2D eigenvalue weighted by molar-refractivity contribution is 6.31. The van der Waals surface area contributed by atoms with Gasteiger partial charge in [-0.2, -0.15) is 5.10 Å². The molecule has 15 heavy (non-hydrogen) atoms. The third kappa shape index (κ3) is 2.58. The number of ether oxygens (including phenoxy) is 1. The van der Waals surface area contributed by atoms with Crippen molar-refractivity contribution in [3.8, 4) is 5.88 Å². The number of aromatic nitrogens is 2. The number of hydrogen-bond donors (Lipinski definition) is 1. The van der Waals surface area contributed by atoms with E-state index in [2.05, 4.69) is 15.5 Å². The topological polar surface area (TPSA) is 47.0 Å². The molecule has 1 atom stereocenters. The van der Waals surface area contributed by atoms with Gasteiger partial charge < -0.3 is 10.1 Å². The molecule has 0 saturated carbocycles. The second-order valence-corrected chi connectivity index (χ2v) is 4.10. The van der Waals surface area contributed by atoms with Crippen molar-refractivity contribution in [1.82, 2.24) is 15.5 Å². The molecule has 0 aromatic carbocycles. The fourth-order valence-corrected chi connectivity index (χ4v) is 2.06. The van der Waals surface area contributed by atoms with Gasteiger partial charge in [0.1, 0.15) is 5.02 Å². The molecule has 1 aromatic rings. The lowest BCUT2D eigenvalue weighted by Crippen LogP contribution is -2.24. The average Bonchev–Trinajstić information content (AvgIpc) is 2.71. The zero-order valence-electron chi connectivity index (χ0n) is 8.66. The summed E-state index contributed by atoms with van der Waals surface area (Å²) in [5.74, 6) is 0.389. The minimum absolute atomic E-state index is 0.389. The molecule has 0 spiro atoms. The monoisotopic (exact) mass is 227 g/mol. The van der Waals surface area contributed by atoms with Crippen LogP contribution in [0.5, 0.6) is 5.88 Å². The first-order valence-electron chi connectivity index (χ1n) is 5.09. The van der Waals surface area contributed by atoms with Gasteiger partial charge >= 0.3 is 0 Å². The van der Waals surface area contributed by atoms with E-state index in [0.717, 1.165) is 18.7 Å². The molecule has 0 bridgehead atoms. The predicted octanol–water partition coefficient (Wildman–Crippen LogP) is 1.43. The molecule has 4 nitrogen and oxygen atoms in total. The SMILES string of the molecule is COc1nnc(CC2CCCN2)cc1Cl. The summed E-state index contributed by atoms with van der Waals surface area (Å²) < 4.78 is 4.95. The summed E-state index contributed by atoms with van der Waals surface area (Å²) in [6.45, 7) is 1.10. The lowest BCUT2D eigenvalue weighted by atomic mass is 10.1. The minimum atomic E-state index is 0.389. The maximum atomic E-state index is 5.97. The summed E-state index contributed by atoms with van der Waals surface area (Å²) in [6.07, 6.45) is 3.32. The van der Waals surface area contributed by atoms with Crippen LogP contribution < -0.4 is 10.1 Å². The Hall–Kier alpha value is -0.870. The predicted molar refractivity (Wildman–Crippen MR) is 58.3 cm³/mol. The van der Waals surface area contributed by atoms with Crippen LogP contribution in [-0.4, -0.2) is 29.9 Å². The van der Waals surface area contributed by atoms with E-state index in [9.17, 15) is 0 Å². The second-order valence-electron chi connectivity index (χ2n) is 3.69. The van der Waals surface area contributed by atoms with E-state index in [1.54, 1.807) is 0 Å². The van der Waals surface area contributed by atoms with Crippen LogP contribution in [0.25, 0.3) is 0 Å². The molecule has 1 aliphatic rings. The molecule has 5 heteroatoms. The van der Waals surface area contributed by atoms with E-state index in [1.165, 1.54) is 20.0 Å². The molecule has 1 aliphatic heterocycles. The van der Waals surface area contributed by atoms with Gasteiger partial charge in [0.25, 0.3) is 5.88 Å². The third-order valence-corrected chi connectivity index (χ3v) is 2.85. The molecule has 0 aliphatic carbocycles. The quantitative estimate of drug-likeness (QED) is 0.849. The zero-order chi connectivity index (χ0) is 10.7. The Labute approximate surface area is 94.0 Å². The Bertz CT molecular complexity index is 339. The van der Waals surface area contributed by atoms with Gasteiger partial charge in [-0.3, -0.25) is 0 Å². The molecule has 82 valence electrons. The molecule has 2 rings (SSSR count). The lowest BCUT2D eigenvalue weighted by Gasteiger charge is -2.09. The number of nitrogens with one attached hydrogen (secondary N) is 1. The molecule has 2 heterocycles. The molecule has 1 saturated heterocycles. The number of hydrogen-bond acceptors (Lipinski definition) is 4. The van der Waals surface area contributed by atoms with Gasteiger partial charge in [0, 0.05) is 12.5 Å². The van der Waals surface area contributed by atoms with Crippen molar-refractivity contribution in [3.63, 3.8) is 0 Å². The van der Waals surface area contributed by atoms with E-state index in [-0.39, 0.29) is 0 Å². The Morgan fingerprint density at radius 3 is 3.07 bits per heavy atom. The summed E-state index contributed by atoms with van der Waals surface area (Å²) in [7, 11) is 1.54. The number of halogens is 1. The van der Waals surface area contributed by atoms with Gasteiger partial charge in [-0.05, 0) is 25.5 Å². The zero-order valence-corrected chi connectivity index (χ0v) is 9.42. The summed E-state index contributed by atoms with van der Waals surface area (Å²) in [6, 6.07) is 2.34. The van der Waals surface area contributed by atoms with Crippen molar-refractivity contribution < 1.29 is 4.74 Å². The van der Waals surface area contributed by atoms with Crippen molar-refractivity contribution >= 4 is 11.6 Å². The van der Waals surface area contributed by atoms with Gasteiger partial charge in [-0.25, -0.2) is 0 Å². The molecular formula is C10H14ClN3O. The Morgan fingerprint density at radius 1 is 1.60 bits per heavy atom. The first kappa shape index (κ1) is 10.6.